The second-order valence-electron chi connectivity index (χ2n) is 5.40. The molecule has 0 saturated carbocycles. The maximum Gasteiger partial charge on any atom is 0.307 e. The average Bonchev–Trinajstić information content (AvgIpc) is 2.55. The fourth-order valence-electron chi connectivity index (χ4n) is 2.41. The van der Waals surface area contributed by atoms with Crippen LogP contribution in [0.5, 0.6) is 0 Å². The monoisotopic (exact) mass is 315 g/mol. The molecule has 0 unspecified atom stereocenters. The number of rotatable bonds is 6. The zero-order valence-corrected chi connectivity index (χ0v) is 12.7. The Labute approximate surface area is 134 Å². The molecule has 4 nitrogen and oxygen atoms in total. The zero-order chi connectivity index (χ0) is 16.8. The van der Waals surface area contributed by atoms with E-state index in [1.54, 1.807) is 6.92 Å². The Balaban J connectivity index is 2.05. The van der Waals surface area contributed by atoms with E-state index in [1.165, 1.54) is 24.3 Å². The molecule has 0 aliphatic heterocycles. The normalized spacial score (nSPS) is 13.1. The summed E-state index contributed by atoms with van der Waals surface area (Å²) in [4.78, 5) is 23.6. The average molecular weight is 315 g/mol. The Morgan fingerprint density at radius 3 is 2.26 bits per heavy atom. The molecule has 0 aromatic heterocycles. The highest BCUT2D eigenvalue weighted by atomic mass is 19.1. The van der Waals surface area contributed by atoms with Crippen LogP contribution < -0.4 is 5.32 Å². The van der Waals surface area contributed by atoms with E-state index in [9.17, 15) is 19.1 Å². The summed E-state index contributed by atoms with van der Waals surface area (Å²) in [6.07, 6.45) is -0.150. The minimum absolute atomic E-state index is 0.150. The lowest BCUT2D eigenvalue weighted by Crippen LogP contribution is -2.26. The van der Waals surface area contributed by atoms with Gasteiger partial charge in [-0.1, -0.05) is 37.3 Å². The van der Waals surface area contributed by atoms with E-state index >= 15 is 0 Å². The van der Waals surface area contributed by atoms with Crippen LogP contribution in [0.4, 0.5) is 10.1 Å². The highest BCUT2D eigenvalue weighted by molar-refractivity contribution is 5.93. The topological polar surface area (TPSA) is 66.4 Å². The number of anilines is 1. The number of benzene rings is 2. The van der Waals surface area contributed by atoms with Crippen LogP contribution >= 0.6 is 0 Å². The third-order valence-corrected chi connectivity index (χ3v) is 3.78. The summed E-state index contributed by atoms with van der Waals surface area (Å²) >= 11 is 0. The molecule has 0 fully saturated rings. The first-order chi connectivity index (χ1) is 11.0. The first kappa shape index (κ1) is 16.7. The zero-order valence-electron chi connectivity index (χ0n) is 12.7. The van der Waals surface area contributed by atoms with Gasteiger partial charge in [-0.05, 0) is 35.7 Å². The molecule has 120 valence electrons. The van der Waals surface area contributed by atoms with Crippen molar-refractivity contribution >= 4 is 17.6 Å². The van der Waals surface area contributed by atoms with Crippen molar-refractivity contribution in [3.63, 3.8) is 0 Å². The molecule has 0 saturated heterocycles. The van der Waals surface area contributed by atoms with Crippen molar-refractivity contribution in [2.24, 2.45) is 5.92 Å². The summed E-state index contributed by atoms with van der Waals surface area (Å²) < 4.78 is 12.8. The molecule has 2 rings (SSSR count). The number of nitrogens with one attached hydrogen (secondary N) is 1. The van der Waals surface area contributed by atoms with Gasteiger partial charge in [-0.15, -0.1) is 0 Å². The van der Waals surface area contributed by atoms with Crippen LogP contribution in [0.1, 0.15) is 24.8 Å². The summed E-state index contributed by atoms with van der Waals surface area (Å²) in [6.45, 7) is 1.79. The first-order valence-corrected chi connectivity index (χ1v) is 7.30. The highest BCUT2D eigenvalue weighted by Gasteiger charge is 2.28. The largest absolute Gasteiger partial charge is 0.481 e. The van der Waals surface area contributed by atoms with Crippen LogP contribution in [0.25, 0.3) is 0 Å². The van der Waals surface area contributed by atoms with Gasteiger partial charge >= 0.3 is 5.97 Å². The number of carboxylic acid groups (broad SMARTS) is 1. The van der Waals surface area contributed by atoms with E-state index in [-0.39, 0.29) is 12.3 Å². The van der Waals surface area contributed by atoms with E-state index in [0.29, 0.717) is 5.69 Å². The summed E-state index contributed by atoms with van der Waals surface area (Å²) in [6, 6.07) is 14.6. The standard InChI is InChI=1S/C18H18FNO3/c1-12(13-5-3-2-4-6-13)16(18(22)23)11-17(21)20-15-9-7-14(19)8-10-15/h2-10,12,16H,11H2,1H3,(H,20,21)(H,22,23)/t12-,16-/m0/s1. The van der Waals surface area contributed by atoms with Crippen LogP contribution in [0.2, 0.25) is 0 Å². The molecule has 1 amide bonds. The Morgan fingerprint density at radius 1 is 1.09 bits per heavy atom. The molecule has 0 bridgehead atoms. The van der Waals surface area contributed by atoms with Crippen LogP contribution in [-0.4, -0.2) is 17.0 Å². The van der Waals surface area contributed by atoms with Gasteiger partial charge in [0, 0.05) is 12.1 Å². The second-order valence-corrected chi connectivity index (χ2v) is 5.40. The molecular weight excluding hydrogens is 297 g/mol. The maximum absolute atomic E-state index is 12.8. The molecule has 5 heteroatoms. The van der Waals surface area contributed by atoms with Crippen molar-refractivity contribution in [2.45, 2.75) is 19.3 Å². The Morgan fingerprint density at radius 2 is 1.70 bits per heavy atom. The van der Waals surface area contributed by atoms with Gasteiger partial charge in [-0.2, -0.15) is 0 Å². The van der Waals surface area contributed by atoms with Gasteiger partial charge in [-0.3, -0.25) is 9.59 Å². The van der Waals surface area contributed by atoms with E-state index in [1.807, 2.05) is 30.3 Å². The van der Waals surface area contributed by atoms with E-state index < -0.39 is 23.6 Å². The van der Waals surface area contributed by atoms with Gasteiger partial charge in [0.05, 0.1) is 5.92 Å². The van der Waals surface area contributed by atoms with Crippen molar-refractivity contribution in [3.05, 3.63) is 66.0 Å². The van der Waals surface area contributed by atoms with Crippen molar-refractivity contribution < 1.29 is 19.1 Å². The number of carbonyl (C=O) groups excluding carboxylic acids is 1. The minimum Gasteiger partial charge on any atom is -0.481 e. The van der Waals surface area contributed by atoms with Gasteiger partial charge in [-0.25, -0.2) is 4.39 Å². The molecule has 0 heterocycles. The summed E-state index contributed by atoms with van der Waals surface area (Å²) in [5.74, 6) is -2.96. The number of amides is 1. The SMILES string of the molecule is C[C@@H](c1ccccc1)[C@H](CC(=O)Nc1ccc(F)cc1)C(=O)O. The first-order valence-electron chi connectivity index (χ1n) is 7.30. The lowest BCUT2D eigenvalue weighted by atomic mass is 9.85. The molecule has 23 heavy (non-hydrogen) atoms. The highest BCUT2D eigenvalue weighted by Crippen LogP contribution is 2.27. The smallest absolute Gasteiger partial charge is 0.307 e. The van der Waals surface area contributed by atoms with Gasteiger partial charge in [0.25, 0.3) is 0 Å². The molecule has 2 atom stereocenters. The Kier molecular flexibility index (Phi) is 5.46. The van der Waals surface area contributed by atoms with E-state index in [2.05, 4.69) is 5.32 Å². The van der Waals surface area contributed by atoms with Crippen LogP contribution in [0.15, 0.2) is 54.6 Å². The van der Waals surface area contributed by atoms with E-state index in [4.69, 9.17) is 0 Å². The molecule has 2 aromatic rings. The predicted molar refractivity (Wildman–Crippen MR) is 85.6 cm³/mol. The second kappa shape index (κ2) is 7.54. The quantitative estimate of drug-likeness (QED) is 0.855. The summed E-state index contributed by atoms with van der Waals surface area (Å²) in [5, 5.41) is 12.0. The summed E-state index contributed by atoms with van der Waals surface area (Å²) in [5.41, 5.74) is 1.31. The lowest BCUT2D eigenvalue weighted by Gasteiger charge is -2.20. The van der Waals surface area contributed by atoms with Crippen molar-refractivity contribution in [2.75, 3.05) is 5.32 Å². The number of hydrogen-bond acceptors (Lipinski definition) is 2. The van der Waals surface area contributed by atoms with Gasteiger partial charge in [0.15, 0.2) is 0 Å². The van der Waals surface area contributed by atoms with Crippen LogP contribution in [0, 0.1) is 11.7 Å². The number of halogens is 1. The molecule has 2 aromatic carbocycles. The minimum atomic E-state index is -1.02. The number of hydrogen-bond donors (Lipinski definition) is 2. The molecule has 0 aliphatic rings. The Hall–Kier alpha value is -2.69. The maximum atomic E-state index is 12.8. The van der Waals surface area contributed by atoms with Crippen molar-refractivity contribution in [3.8, 4) is 0 Å². The fraction of sp³-hybridized carbons (Fsp3) is 0.222. The molecule has 2 N–H and O–H groups in total. The van der Waals surface area contributed by atoms with Crippen LogP contribution in [-0.2, 0) is 9.59 Å². The lowest BCUT2D eigenvalue weighted by molar-refractivity contribution is -0.144. The number of carboxylic acids is 1. The van der Waals surface area contributed by atoms with Gasteiger partial charge < -0.3 is 10.4 Å². The molecule has 0 spiro atoms. The molecular formula is C18H18FNO3. The molecule has 0 radical (unpaired) electrons. The van der Waals surface area contributed by atoms with Crippen LogP contribution in [0.3, 0.4) is 0 Å². The number of carbonyl (C=O) groups is 2. The third-order valence-electron chi connectivity index (χ3n) is 3.78. The fourth-order valence-corrected chi connectivity index (χ4v) is 2.41. The van der Waals surface area contributed by atoms with Crippen molar-refractivity contribution in [1.82, 2.24) is 0 Å². The predicted octanol–water partition coefficient (Wildman–Crippen LogP) is 3.66. The van der Waals surface area contributed by atoms with Gasteiger partial charge in [0.1, 0.15) is 5.82 Å². The van der Waals surface area contributed by atoms with E-state index in [0.717, 1.165) is 5.56 Å². The molecule has 0 aliphatic carbocycles. The third kappa shape index (κ3) is 4.64. The Bertz CT molecular complexity index is 670. The number of aliphatic carboxylic acids is 1. The van der Waals surface area contributed by atoms with Gasteiger partial charge in [0.2, 0.25) is 5.91 Å². The summed E-state index contributed by atoms with van der Waals surface area (Å²) in [7, 11) is 0. The van der Waals surface area contributed by atoms with Crippen molar-refractivity contribution in [1.29, 1.82) is 0 Å².